The second-order valence-corrected chi connectivity index (χ2v) is 3.44. The molecule has 0 heterocycles. The molecule has 0 saturated carbocycles. The largest absolute Gasteiger partial charge is 0.508 e. The minimum Gasteiger partial charge on any atom is -0.508 e. The van der Waals surface area contributed by atoms with Crippen LogP contribution < -0.4 is 0 Å². The Labute approximate surface area is 90.2 Å². The van der Waals surface area contributed by atoms with Crippen molar-refractivity contribution in [3.8, 4) is 5.75 Å². The molecule has 2 N–H and O–H groups in total. The third-order valence-corrected chi connectivity index (χ3v) is 1.94. The van der Waals surface area contributed by atoms with Gasteiger partial charge in [-0.1, -0.05) is 35.3 Å². The number of halogens is 2. The Bertz CT molecular complexity index is 378. The van der Waals surface area contributed by atoms with Crippen LogP contribution in [0, 0.1) is 0 Å². The third kappa shape index (κ3) is 2.40. The molecular weight excluding hydrogens is 227 g/mol. The zero-order chi connectivity index (χ0) is 10.7. The van der Waals surface area contributed by atoms with Crippen LogP contribution >= 0.6 is 23.2 Å². The van der Waals surface area contributed by atoms with E-state index in [-0.39, 0.29) is 15.8 Å². The molecule has 0 bridgehead atoms. The molecule has 0 fully saturated rings. The fourth-order valence-corrected chi connectivity index (χ4v) is 1.32. The molecule has 0 saturated heterocycles. The highest BCUT2D eigenvalue weighted by Crippen LogP contribution is 2.25. The van der Waals surface area contributed by atoms with E-state index in [0.717, 1.165) is 0 Å². The number of aromatic hydroxyl groups is 1. The van der Waals surface area contributed by atoms with Crippen molar-refractivity contribution >= 4 is 34.7 Å². The van der Waals surface area contributed by atoms with E-state index in [1.165, 1.54) is 24.3 Å². The van der Waals surface area contributed by atoms with E-state index in [9.17, 15) is 4.79 Å². The molecular formula is C9H6Cl2O3. The first kappa shape index (κ1) is 10.9. The highest BCUT2D eigenvalue weighted by molar-refractivity contribution is 6.61. The van der Waals surface area contributed by atoms with Gasteiger partial charge < -0.3 is 10.2 Å². The summed E-state index contributed by atoms with van der Waals surface area (Å²) < 4.78 is -0.316. The van der Waals surface area contributed by atoms with Gasteiger partial charge in [-0.25, -0.2) is 4.79 Å². The van der Waals surface area contributed by atoms with Gasteiger partial charge >= 0.3 is 5.97 Å². The van der Waals surface area contributed by atoms with Crippen LogP contribution in [-0.4, -0.2) is 16.2 Å². The number of phenolic OH excluding ortho intramolecular Hbond substituents is 1. The van der Waals surface area contributed by atoms with Crippen molar-refractivity contribution in [3.05, 3.63) is 34.3 Å². The summed E-state index contributed by atoms with van der Waals surface area (Å²) in [6.45, 7) is 0. The van der Waals surface area contributed by atoms with Gasteiger partial charge in [0.2, 0.25) is 0 Å². The van der Waals surface area contributed by atoms with Gasteiger partial charge in [0.15, 0.2) is 0 Å². The summed E-state index contributed by atoms with van der Waals surface area (Å²) in [7, 11) is 0. The number of hydrogen-bond donors (Lipinski definition) is 2. The molecule has 0 aliphatic rings. The van der Waals surface area contributed by atoms with Crippen molar-refractivity contribution in [1.29, 1.82) is 0 Å². The molecule has 0 spiro atoms. The summed E-state index contributed by atoms with van der Waals surface area (Å²) in [6, 6.07) is 5.55. The van der Waals surface area contributed by atoms with E-state index >= 15 is 0 Å². The van der Waals surface area contributed by atoms with E-state index < -0.39 is 5.97 Å². The minimum absolute atomic E-state index is 0.0455. The Morgan fingerprint density at radius 3 is 2.00 bits per heavy atom. The van der Waals surface area contributed by atoms with E-state index in [0.29, 0.717) is 5.56 Å². The zero-order valence-corrected chi connectivity index (χ0v) is 8.38. The van der Waals surface area contributed by atoms with Crippen LogP contribution in [0.5, 0.6) is 5.75 Å². The van der Waals surface area contributed by atoms with Gasteiger partial charge in [-0.2, -0.15) is 0 Å². The van der Waals surface area contributed by atoms with Crippen LogP contribution in [0.3, 0.4) is 0 Å². The molecule has 1 aromatic rings. The number of carbonyl (C=O) groups is 1. The van der Waals surface area contributed by atoms with Crippen LogP contribution in [0.15, 0.2) is 28.8 Å². The molecule has 3 nitrogen and oxygen atoms in total. The highest BCUT2D eigenvalue weighted by atomic mass is 35.5. The zero-order valence-electron chi connectivity index (χ0n) is 6.87. The van der Waals surface area contributed by atoms with E-state index in [4.69, 9.17) is 33.4 Å². The molecule has 0 aliphatic carbocycles. The molecule has 0 aromatic heterocycles. The molecule has 14 heavy (non-hydrogen) atoms. The molecule has 5 heteroatoms. The number of carboxylic acid groups (broad SMARTS) is 1. The number of rotatable bonds is 2. The van der Waals surface area contributed by atoms with E-state index in [1.54, 1.807) is 0 Å². The van der Waals surface area contributed by atoms with Crippen LogP contribution in [0.2, 0.25) is 0 Å². The predicted molar refractivity (Wildman–Crippen MR) is 54.4 cm³/mol. The lowest BCUT2D eigenvalue weighted by molar-refractivity contribution is -0.130. The Morgan fingerprint density at radius 2 is 1.64 bits per heavy atom. The number of hydrogen-bond acceptors (Lipinski definition) is 2. The van der Waals surface area contributed by atoms with Gasteiger partial charge in [-0.15, -0.1) is 0 Å². The fraction of sp³-hybridized carbons (Fsp3) is 0. The number of carboxylic acids is 1. The Morgan fingerprint density at radius 1 is 1.14 bits per heavy atom. The molecule has 74 valence electrons. The molecule has 0 unspecified atom stereocenters. The fourth-order valence-electron chi connectivity index (χ4n) is 0.942. The summed E-state index contributed by atoms with van der Waals surface area (Å²) >= 11 is 10.8. The molecule has 0 radical (unpaired) electrons. The number of phenols is 1. The molecule has 0 aliphatic heterocycles. The van der Waals surface area contributed by atoms with Gasteiger partial charge in [0, 0.05) is 0 Å². The van der Waals surface area contributed by atoms with Crippen LogP contribution in [0.4, 0.5) is 0 Å². The minimum atomic E-state index is -1.21. The van der Waals surface area contributed by atoms with Crippen molar-refractivity contribution in [1.82, 2.24) is 0 Å². The molecule has 1 aromatic carbocycles. The summed E-state index contributed by atoms with van der Waals surface area (Å²) in [5, 5.41) is 17.8. The summed E-state index contributed by atoms with van der Waals surface area (Å²) in [5.74, 6) is -1.17. The average molecular weight is 233 g/mol. The lowest BCUT2D eigenvalue weighted by atomic mass is 10.1. The Hall–Kier alpha value is -1.19. The monoisotopic (exact) mass is 232 g/mol. The van der Waals surface area contributed by atoms with Crippen LogP contribution in [0.1, 0.15) is 5.56 Å². The SMILES string of the molecule is O=C(O)C(=C(Cl)Cl)c1ccc(O)cc1. The maximum Gasteiger partial charge on any atom is 0.338 e. The normalized spacial score (nSPS) is 9.57. The van der Waals surface area contributed by atoms with Crippen molar-refractivity contribution in [3.63, 3.8) is 0 Å². The van der Waals surface area contributed by atoms with Crippen molar-refractivity contribution in [2.75, 3.05) is 0 Å². The first-order valence-corrected chi connectivity index (χ1v) is 4.36. The average Bonchev–Trinajstić information content (AvgIpc) is 2.07. The van der Waals surface area contributed by atoms with Gasteiger partial charge in [0.1, 0.15) is 10.2 Å². The van der Waals surface area contributed by atoms with Crippen LogP contribution in [-0.2, 0) is 4.79 Å². The van der Waals surface area contributed by atoms with E-state index in [1.807, 2.05) is 0 Å². The maximum absolute atomic E-state index is 10.7. The second kappa shape index (κ2) is 4.35. The van der Waals surface area contributed by atoms with Gasteiger partial charge in [-0.05, 0) is 17.7 Å². The van der Waals surface area contributed by atoms with Gasteiger partial charge in [-0.3, -0.25) is 0 Å². The number of aliphatic carboxylic acids is 1. The Balaban J connectivity index is 3.21. The summed E-state index contributed by atoms with van der Waals surface area (Å²) in [4.78, 5) is 10.7. The first-order valence-electron chi connectivity index (χ1n) is 3.60. The lowest BCUT2D eigenvalue weighted by Gasteiger charge is -2.02. The third-order valence-electron chi connectivity index (χ3n) is 1.56. The summed E-state index contributed by atoms with van der Waals surface area (Å²) in [6.07, 6.45) is 0. The van der Waals surface area contributed by atoms with Gasteiger partial charge in [0.25, 0.3) is 0 Å². The molecule has 0 amide bonds. The lowest BCUT2D eigenvalue weighted by Crippen LogP contribution is -1.99. The van der Waals surface area contributed by atoms with Crippen molar-refractivity contribution < 1.29 is 15.0 Å². The smallest absolute Gasteiger partial charge is 0.338 e. The number of benzene rings is 1. The van der Waals surface area contributed by atoms with Crippen molar-refractivity contribution in [2.45, 2.75) is 0 Å². The van der Waals surface area contributed by atoms with Gasteiger partial charge in [0.05, 0.1) is 5.57 Å². The molecule has 1 rings (SSSR count). The van der Waals surface area contributed by atoms with E-state index in [2.05, 4.69) is 0 Å². The summed E-state index contributed by atoms with van der Waals surface area (Å²) in [5.41, 5.74) is 0.156. The quantitative estimate of drug-likeness (QED) is 0.772. The predicted octanol–water partition coefficient (Wildman–Crippen LogP) is 2.62. The maximum atomic E-state index is 10.7. The highest BCUT2D eigenvalue weighted by Gasteiger charge is 2.14. The second-order valence-electron chi connectivity index (χ2n) is 2.49. The Kier molecular flexibility index (Phi) is 3.38. The first-order chi connectivity index (χ1) is 6.52. The topological polar surface area (TPSA) is 57.5 Å². The van der Waals surface area contributed by atoms with Crippen LogP contribution in [0.25, 0.3) is 5.57 Å². The molecule has 0 atom stereocenters. The standard InChI is InChI=1S/C9H6Cl2O3/c10-8(11)7(9(13)14)5-1-3-6(12)4-2-5/h1-4,12H,(H,13,14). The van der Waals surface area contributed by atoms with Crippen molar-refractivity contribution in [2.24, 2.45) is 0 Å².